The van der Waals surface area contributed by atoms with E-state index in [0.29, 0.717) is 23.8 Å². The van der Waals surface area contributed by atoms with Crippen LogP contribution >= 0.6 is 0 Å². The summed E-state index contributed by atoms with van der Waals surface area (Å²) in [4.78, 5) is 34.0. The molecule has 2 heterocycles. The van der Waals surface area contributed by atoms with Gasteiger partial charge in [-0.1, -0.05) is 25.3 Å². The van der Waals surface area contributed by atoms with Crippen LogP contribution in [-0.4, -0.2) is 35.3 Å². The van der Waals surface area contributed by atoms with E-state index in [0.717, 1.165) is 23.7 Å². The second-order valence-electron chi connectivity index (χ2n) is 7.92. The highest BCUT2D eigenvalue weighted by molar-refractivity contribution is 6.15. The molecule has 0 aliphatic heterocycles. The molecule has 1 saturated carbocycles. The van der Waals surface area contributed by atoms with Gasteiger partial charge in [0.25, 0.3) is 0 Å². The van der Waals surface area contributed by atoms with E-state index in [1.165, 1.54) is 19.3 Å². The molecular formula is C24H27N3O3. The Morgan fingerprint density at radius 2 is 2.03 bits per heavy atom. The lowest BCUT2D eigenvalue weighted by atomic mass is 9.88. The summed E-state index contributed by atoms with van der Waals surface area (Å²) < 4.78 is 5.29. The van der Waals surface area contributed by atoms with E-state index in [4.69, 9.17) is 4.74 Å². The molecule has 30 heavy (non-hydrogen) atoms. The standard InChI is InChI=1S/C24H27N3O3/c1-30-17-10-11-18-19(15-26-21(18)13-17)22(23(28)20-9-5-6-12-25-20)24(29)27-14-16-7-3-2-4-8-16/h5-6,9-13,15-16,22,26H,2-4,7-8,14H2,1H3,(H,27,29). The Labute approximate surface area is 176 Å². The van der Waals surface area contributed by atoms with E-state index in [1.54, 1.807) is 37.7 Å². The van der Waals surface area contributed by atoms with E-state index >= 15 is 0 Å². The van der Waals surface area contributed by atoms with Gasteiger partial charge < -0.3 is 15.0 Å². The molecular weight excluding hydrogens is 378 g/mol. The van der Waals surface area contributed by atoms with Gasteiger partial charge in [-0.05, 0) is 48.6 Å². The normalized spacial score (nSPS) is 15.6. The number of rotatable bonds is 7. The van der Waals surface area contributed by atoms with Crippen LogP contribution in [0.3, 0.4) is 0 Å². The smallest absolute Gasteiger partial charge is 0.235 e. The first-order valence-electron chi connectivity index (χ1n) is 10.6. The van der Waals surface area contributed by atoms with Gasteiger partial charge >= 0.3 is 0 Å². The summed E-state index contributed by atoms with van der Waals surface area (Å²) >= 11 is 0. The number of benzene rings is 1. The van der Waals surface area contributed by atoms with Crippen molar-refractivity contribution in [3.63, 3.8) is 0 Å². The molecule has 1 aliphatic carbocycles. The van der Waals surface area contributed by atoms with Gasteiger partial charge in [0.15, 0.2) is 5.78 Å². The number of aromatic amines is 1. The van der Waals surface area contributed by atoms with Crippen LogP contribution in [0.2, 0.25) is 0 Å². The van der Waals surface area contributed by atoms with Crippen molar-refractivity contribution in [2.24, 2.45) is 5.92 Å². The topological polar surface area (TPSA) is 84.1 Å². The molecule has 1 atom stereocenters. The average molecular weight is 405 g/mol. The highest BCUT2D eigenvalue weighted by Gasteiger charge is 2.32. The maximum Gasteiger partial charge on any atom is 0.235 e. The molecule has 6 heteroatoms. The van der Waals surface area contributed by atoms with Gasteiger partial charge in [-0.2, -0.15) is 0 Å². The highest BCUT2D eigenvalue weighted by atomic mass is 16.5. The van der Waals surface area contributed by atoms with Gasteiger partial charge in [0.2, 0.25) is 5.91 Å². The predicted molar refractivity (Wildman–Crippen MR) is 116 cm³/mol. The number of methoxy groups -OCH3 is 1. The van der Waals surface area contributed by atoms with E-state index in [-0.39, 0.29) is 17.4 Å². The minimum atomic E-state index is -0.953. The molecule has 0 bridgehead atoms. The fourth-order valence-electron chi connectivity index (χ4n) is 4.29. The van der Waals surface area contributed by atoms with E-state index < -0.39 is 5.92 Å². The molecule has 1 amide bonds. The van der Waals surface area contributed by atoms with Crippen molar-refractivity contribution in [3.05, 3.63) is 60.0 Å². The van der Waals surface area contributed by atoms with Crippen molar-refractivity contribution in [1.82, 2.24) is 15.3 Å². The summed E-state index contributed by atoms with van der Waals surface area (Å²) in [5, 5.41) is 3.88. The lowest BCUT2D eigenvalue weighted by molar-refractivity contribution is -0.121. The number of carbonyl (C=O) groups is 2. The number of fused-ring (bicyclic) bond motifs is 1. The van der Waals surface area contributed by atoms with Gasteiger partial charge in [-0.3, -0.25) is 14.6 Å². The SMILES string of the molecule is COc1ccc2c(C(C(=O)NCC3CCCCC3)C(=O)c3ccccn3)c[nH]c2c1. The Balaban J connectivity index is 1.65. The first-order valence-corrected chi connectivity index (χ1v) is 10.6. The van der Waals surface area contributed by atoms with Crippen molar-refractivity contribution in [1.29, 1.82) is 0 Å². The van der Waals surface area contributed by atoms with Crippen LogP contribution in [0.25, 0.3) is 10.9 Å². The molecule has 1 aromatic carbocycles. The van der Waals surface area contributed by atoms with Crippen molar-refractivity contribution in [2.75, 3.05) is 13.7 Å². The number of aromatic nitrogens is 2. The lowest BCUT2D eigenvalue weighted by Crippen LogP contribution is -2.37. The van der Waals surface area contributed by atoms with Crippen molar-refractivity contribution in [3.8, 4) is 5.75 Å². The second-order valence-corrected chi connectivity index (χ2v) is 7.92. The van der Waals surface area contributed by atoms with E-state index in [2.05, 4.69) is 15.3 Å². The van der Waals surface area contributed by atoms with E-state index in [1.807, 2.05) is 18.2 Å². The summed E-state index contributed by atoms with van der Waals surface area (Å²) in [5.74, 6) is -0.321. The van der Waals surface area contributed by atoms with Crippen molar-refractivity contribution >= 4 is 22.6 Å². The van der Waals surface area contributed by atoms with Gasteiger partial charge in [0.05, 0.1) is 7.11 Å². The number of ketones is 1. The Morgan fingerprint density at radius 3 is 2.77 bits per heavy atom. The number of Topliss-reactive ketones (excluding diaryl/α,β-unsaturated/α-hetero) is 1. The van der Waals surface area contributed by atoms with Gasteiger partial charge in [-0.15, -0.1) is 0 Å². The summed E-state index contributed by atoms with van der Waals surface area (Å²) in [5.41, 5.74) is 1.77. The summed E-state index contributed by atoms with van der Waals surface area (Å²) in [6.45, 7) is 0.612. The van der Waals surface area contributed by atoms with Gasteiger partial charge in [0.1, 0.15) is 17.4 Å². The Bertz CT molecular complexity index is 1020. The molecule has 2 aromatic heterocycles. The van der Waals surface area contributed by atoms with Crippen LogP contribution < -0.4 is 10.1 Å². The zero-order valence-electron chi connectivity index (χ0n) is 17.2. The van der Waals surface area contributed by atoms with Crippen molar-refractivity contribution < 1.29 is 14.3 Å². The van der Waals surface area contributed by atoms with Crippen LogP contribution in [0.4, 0.5) is 0 Å². The molecule has 1 fully saturated rings. The summed E-state index contributed by atoms with van der Waals surface area (Å²) in [6.07, 6.45) is 9.27. The van der Waals surface area contributed by atoms with Gasteiger partial charge in [0, 0.05) is 35.9 Å². The minimum Gasteiger partial charge on any atom is -0.497 e. The maximum atomic E-state index is 13.3. The number of ether oxygens (including phenoxy) is 1. The lowest BCUT2D eigenvalue weighted by Gasteiger charge is -2.23. The molecule has 1 aliphatic rings. The summed E-state index contributed by atoms with van der Waals surface area (Å²) in [7, 11) is 1.61. The zero-order valence-corrected chi connectivity index (χ0v) is 17.2. The molecule has 0 saturated heterocycles. The number of carbonyl (C=O) groups excluding carboxylic acids is 2. The Hall–Kier alpha value is -3.15. The molecule has 1 unspecified atom stereocenters. The maximum absolute atomic E-state index is 13.3. The van der Waals surface area contributed by atoms with Crippen LogP contribution in [0, 0.1) is 5.92 Å². The third kappa shape index (κ3) is 4.22. The molecule has 6 nitrogen and oxygen atoms in total. The summed E-state index contributed by atoms with van der Waals surface area (Å²) in [6, 6.07) is 10.8. The van der Waals surface area contributed by atoms with Crippen LogP contribution in [0.1, 0.15) is 54.1 Å². The monoisotopic (exact) mass is 405 g/mol. The molecule has 4 rings (SSSR count). The van der Waals surface area contributed by atoms with E-state index in [9.17, 15) is 9.59 Å². The number of H-pyrrole nitrogens is 1. The Morgan fingerprint density at radius 1 is 1.20 bits per heavy atom. The van der Waals surface area contributed by atoms with Gasteiger partial charge in [-0.25, -0.2) is 0 Å². The molecule has 0 spiro atoms. The molecule has 156 valence electrons. The quantitative estimate of drug-likeness (QED) is 0.455. The first-order chi connectivity index (χ1) is 14.7. The fraction of sp³-hybridized carbons (Fsp3) is 0.375. The second kappa shape index (κ2) is 9.11. The van der Waals surface area contributed by atoms with Crippen LogP contribution in [0.5, 0.6) is 5.75 Å². The largest absolute Gasteiger partial charge is 0.497 e. The number of nitrogens with one attached hydrogen (secondary N) is 2. The Kier molecular flexibility index (Phi) is 6.12. The van der Waals surface area contributed by atoms with Crippen LogP contribution in [0.15, 0.2) is 48.8 Å². The average Bonchev–Trinajstić information content (AvgIpc) is 3.21. The number of nitrogens with zero attached hydrogens (tertiary/aromatic N) is 1. The number of hydrogen-bond acceptors (Lipinski definition) is 4. The van der Waals surface area contributed by atoms with Crippen LogP contribution in [-0.2, 0) is 4.79 Å². The number of hydrogen-bond donors (Lipinski definition) is 2. The highest BCUT2D eigenvalue weighted by Crippen LogP contribution is 2.31. The third-order valence-corrected chi connectivity index (χ3v) is 5.96. The first kappa shape index (κ1) is 20.1. The zero-order chi connectivity index (χ0) is 20.9. The molecule has 0 radical (unpaired) electrons. The predicted octanol–water partition coefficient (Wildman–Crippen LogP) is 4.23. The third-order valence-electron chi connectivity index (χ3n) is 5.96. The van der Waals surface area contributed by atoms with Crippen molar-refractivity contribution in [2.45, 2.75) is 38.0 Å². The minimum absolute atomic E-state index is 0.270. The molecule has 2 N–H and O–H groups in total. The molecule has 3 aromatic rings. The number of pyridine rings is 1. The fourth-order valence-corrected chi connectivity index (χ4v) is 4.29. The number of amides is 1.